The molecule has 3 nitrogen and oxygen atoms in total. The van der Waals surface area contributed by atoms with Crippen molar-refractivity contribution in [3.8, 4) is 0 Å². The maximum atomic E-state index is 5.29. The number of rotatable bonds is 3. The lowest BCUT2D eigenvalue weighted by Crippen LogP contribution is -2.46. The van der Waals surface area contributed by atoms with Crippen LogP contribution in [0.3, 0.4) is 0 Å². The van der Waals surface area contributed by atoms with Crippen molar-refractivity contribution in [3.05, 3.63) is 29.6 Å². The zero-order valence-corrected chi connectivity index (χ0v) is 9.65. The SMILES string of the molecule is COC1CC(NC2CCc3cccnc32)C1. The lowest BCUT2D eigenvalue weighted by Gasteiger charge is -2.36. The number of aromatic nitrogens is 1. The van der Waals surface area contributed by atoms with Crippen molar-refractivity contribution in [2.24, 2.45) is 0 Å². The molecule has 0 aromatic carbocycles. The molecule has 16 heavy (non-hydrogen) atoms. The van der Waals surface area contributed by atoms with Gasteiger partial charge in [0, 0.05) is 19.3 Å². The molecule has 1 fully saturated rings. The van der Waals surface area contributed by atoms with Gasteiger partial charge in [0.2, 0.25) is 0 Å². The van der Waals surface area contributed by atoms with E-state index in [1.54, 1.807) is 7.11 Å². The van der Waals surface area contributed by atoms with Crippen LogP contribution >= 0.6 is 0 Å². The minimum absolute atomic E-state index is 0.471. The van der Waals surface area contributed by atoms with Gasteiger partial charge in [0.25, 0.3) is 0 Å². The third kappa shape index (κ3) is 1.74. The van der Waals surface area contributed by atoms with Gasteiger partial charge in [0.1, 0.15) is 0 Å². The van der Waals surface area contributed by atoms with Crippen LogP contribution in [0.2, 0.25) is 0 Å². The van der Waals surface area contributed by atoms with Gasteiger partial charge in [-0.1, -0.05) is 6.07 Å². The Balaban J connectivity index is 1.62. The fourth-order valence-corrected chi connectivity index (χ4v) is 2.75. The van der Waals surface area contributed by atoms with E-state index >= 15 is 0 Å². The minimum atomic E-state index is 0.471. The molecular weight excluding hydrogens is 200 g/mol. The number of fused-ring (bicyclic) bond motifs is 1. The summed E-state index contributed by atoms with van der Waals surface area (Å²) in [6, 6.07) is 5.33. The molecule has 1 aromatic rings. The van der Waals surface area contributed by atoms with Crippen molar-refractivity contribution >= 4 is 0 Å². The van der Waals surface area contributed by atoms with Crippen LogP contribution in [-0.4, -0.2) is 24.2 Å². The second-order valence-corrected chi connectivity index (χ2v) is 4.83. The number of methoxy groups -OCH3 is 1. The summed E-state index contributed by atoms with van der Waals surface area (Å²) in [7, 11) is 1.80. The zero-order valence-electron chi connectivity index (χ0n) is 9.65. The molecular formula is C13H18N2O. The summed E-state index contributed by atoms with van der Waals surface area (Å²) in [6.07, 6.45) is 7.03. The van der Waals surface area contributed by atoms with Crippen LogP contribution in [0.25, 0.3) is 0 Å². The van der Waals surface area contributed by atoms with E-state index < -0.39 is 0 Å². The normalized spacial score (nSPS) is 32.2. The zero-order chi connectivity index (χ0) is 11.0. The van der Waals surface area contributed by atoms with Crippen molar-refractivity contribution in [2.75, 3.05) is 7.11 Å². The summed E-state index contributed by atoms with van der Waals surface area (Å²) in [4.78, 5) is 4.50. The topological polar surface area (TPSA) is 34.1 Å². The van der Waals surface area contributed by atoms with Gasteiger partial charge in [0.15, 0.2) is 0 Å². The molecule has 0 bridgehead atoms. The molecule has 0 amide bonds. The number of pyridine rings is 1. The summed E-state index contributed by atoms with van der Waals surface area (Å²) in [5.74, 6) is 0. The van der Waals surface area contributed by atoms with E-state index in [4.69, 9.17) is 4.74 Å². The molecule has 2 aliphatic carbocycles. The molecule has 0 saturated heterocycles. The molecule has 0 aliphatic heterocycles. The Bertz CT molecular complexity index is 374. The third-order valence-electron chi connectivity index (χ3n) is 3.82. The van der Waals surface area contributed by atoms with Crippen molar-refractivity contribution in [1.82, 2.24) is 10.3 Å². The first-order valence-corrected chi connectivity index (χ1v) is 6.09. The summed E-state index contributed by atoms with van der Waals surface area (Å²) >= 11 is 0. The maximum Gasteiger partial charge on any atom is 0.0605 e. The van der Waals surface area contributed by atoms with Crippen molar-refractivity contribution in [3.63, 3.8) is 0 Å². The average molecular weight is 218 g/mol. The first-order valence-electron chi connectivity index (χ1n) is 6.09. The standard InChI is InChI=1S/C13H18N2O/c1-16-11-7-10(8-11)15-12-5-4-9-3-2-6-14-13(9)12/h2-3,6,10-12,15H,4-5,7-8H2,1H3. The van der Waals surface area contributed by atoms with Crippen LogP contribution in [0.4, 0.5) is 0 Å². The summed E-state index contributed by atoms with van der Waals surface area (Å²) in [5.41, 5.74) is 2.69. The van der Waals surface area contributed by atoms with Gasteiger partial charge < -0.3 is 10.1 Å². The van der Waals surface area contributed by atoms with Crippen molar-refractivity contribution in [2.45, 2.75) is 43.9 Å². The molecule has 0 spiro atoms. The smallest absolute Gasteiger partial charge is 0.0605 e. The quantitative estimate of drug-likeness (QED) is 0.840. The third-order valence-corrected chi connectivity index (χ3v) is 3.82. The van der Waals surface area contributed by atoms with E-state index in [2.05, 4.69) is 16.4 Å². The first-order chi connectivity index (χ1) is 7.86. The van der Waals surface area contributed by atoms with E-state index in [1.807, 2.05) is 12.3 Å². The molecule has 1 unspecified atom stereocenters. The Kier molecular flexibility index (Phi) is 2.65. The maximum absolute atomic E-state index is 5.29. The Morgan fingerprint density at radius 3 is 3.12 bits per heavy atom. The molecule has 1 atom stereocenters. The van der Waals surface area contributed by atoms with E-state index in [0.717, 1.165) is 12.8 Å². The van der Waals surface area contributed by atoms with Crippen LogP contribution in [0.15, 0.2) is 18.3 Å². The second-order valence-electron chi connectivity index (χ2n) is 4.83. The molecule has 1 N–H and O–H groups in total. The van der Waals surface area contributed by atoms with Gasteiger partial charge in [-0.15, -0.1) is 0 Å². The first kappa shape index (κ1) is 10.2. The monoisotopic (exact) mass is 218 g/mol. The van der Waals surface area contributed by atoms with Crippen LogP contribution in [0.1, 0.15) is 36.6 Å². The largest absolute Gasteiger partial charge is 0.381 e. The fraction of sp³-hybridized carbons (Fsp3) is 0.615. The number of nitrogens with one attached hydrogen (secondary N) is 1. The van der Waals surface area contributed by atoms with Gasteiger partial charge in [-0.05, 0) is 37.3 Å². The molecule has 86 valence electrons. The van der Waals surface area contributed by atoms with Gasteiger partial charge in [0.05, 0.1) is 17.8 Å². The van der Waals surface area contributed by atoms with Crippen LogP contribution < -0.4 is 5.32 Å². The van der Waals surface area contributed by atoms with Gasteiger partial charge in [-0.3, -0.25) is 4.98 Å². The molecule has 1 heterocycles. The number of ether oxygens (including phenoxy) is 1. The van der Waals surface area contributed by atoms with E-state index in [0.29, 0.717) is 18.2 Å². The highest BCUT2D eigenvalue weighted by Crippen LogP contribution is 2.32. The summed E-state index contributed by atoms with van der Waals surface area (Å²) in [5, 5.41) is 3.69. The highest BCUT2D eigenvalue weighted by atomic mass is 16.5. The highest BCUT2D eigenvalue weighted by molar-refractivity contribution is 5.28. The lowest BCUT2D eigenvalue weighted by molar-refractivity contribution is 0.0140. The Morgan fingerprint density at radius 1 is 1.44 bits per heavy atom. The van der Waals surface area contributed by atoms with Crippen LogP contribution in [0.5, 0.6) is 0 Å². The highest BCUT2D eigenvalue weighted by Gasteiger charge is 2.33. The molecule has 1 aromatic heterocycles. The molecule has 0 radical (unpaired) electrons. The van der Waals surface area contributed by atoms with Gasteiger partial charge in [-0.25, -0.2) is 0 Å². The predicted octanol–water partition coefficient (Wildman–Crippen LogP) is 1.84. The lowest BCUT2D eigenvalue weighted by atomic mass is 9.88. The minimum Gasteiger partial charge on any atom is -0.381 e. The number of aryl methyl sites for hydroxylation is 1. The Labute approximate surface area is 96.2 Å². The van der Waals surface area contributed by atoms with E-state index in [-0.39, 0.29) is 0 Å². The van der Waals surface area contributed by atoms with Gasteiger partial charge in [-0.2, -0.15) is 0 Å². The molecule has 1 saturated carbocycles. The molecule has 3 heteroatoms. The Morgan fingerprint density at radius 2 is 2.31 bits per heavy atom. The number of hydrogen-bond donors (Lipinski definition) is 1. The van der Waals surface area contributed by atoms with Crippen molar-refractivity contribution in [1.29, 1.82) is 0 Å². The number of hydrogen-bond acceptors (Lipinski definition) is 3. The van der Waals surface area contributed by atoms with Crippen LogP contribution in [-0.2, 0) is 11.2 Å². The van der Waals surface area contributed by atoms with E-state index in [9.17, 15) is 0 Å². The Hall–Kier alpha value is -0.930. The summed E-state index contributed by atoms with van der Waals surface area (Å²) < 4.78 is 5.29. The average Bonchev–Trinajstić information content (AvgIpc) is 2.66. The summed E-state index contributed by atoms with van der Waals surface area (Å²) in [6.45, 7) is 0. The van der Waals surface area contributed by atoms with Gasteiger partial charge >= 0.3 is 0 Å². The van der Waals surface area contributed by atoms with E-state index in [1.165, 1.54) is 24.1 Å². The molecule has 2 aliphatic rings. The number of nitrogens with zero attached hydrogens (tertiary/aromatic N) is 1. The second kappa shape index (κ2) is 4.15. The predicted molar refractivity (Wildman–Crippen MR) is 62.3 cm³/mol. The molecule has 3 rings (SSSR count). The van der Waals surface area contributed by atoms with Crippen LogP contribution in [0, 0.1) is 0 Å². The van der Waals surface area contributed by atoms with Crippen molar-refractivity contribution < 1.29 is 4.74 Å². The fourth-order valence-electron chi connectivity index (χ4n) is 2.75.